The Hall–Kier alpha value is -1.74. The van der Waals surface area contributed by atoms with Crippen LogP contribution in [0.25, 0.3) is 0 Å². The van der Waals surface area contributed by atoms with Gasteiger partial charge >= 0.3 is 0 Å². The molecule has 2 unspecified atom stereocenters. The molecule has 8 nitrogen and oxygen atoms in total. The number of anilines is 1. The number of carbonyl (C=O) groups is 1. The van der Waals surface area contributed by atoms with Gasteiger partial charge in [-0.05, 0) is 18.9 Å². The Kier molecular flexibility index (Phi) is 5.30. The van der Waals surface area contributed by atoms with Crippen molar-refractivity contribution in [2.45, 2.75) is 19.9 Å². The molecule has 122 valence electrons. The van der Waals surface area contributed by atoms with Crippen LogP contribution in [0.4, 0.5) is 5.95 Å². The first-order valence-electron chi connectivity index (χ1n) is 7.20. The summed E-state index contributed by atoms with van der Waals surface area (Å²) >= 11 is 0. The second-order valence-corrected chi connectivity index (χ2v) is 7.42. The van der Waals surface area contributed by atoms with Crippen molar-refractivity contribution in [3.63, 3.8) is 0 Å². The molecule has 1 fully saturated rings. The molecule has 9 heteroatoms. The van der Waals surface area contributed by atoms with Gasteiger partial charge < -0.3 is 10.2 Å². The van der Waals surface area contributed by atoms with Gasteiger partial charge in [0.2, 0.25) is 21.9 Å². The minimum Gasteiger partial charge on any atom is -0.349 e. The normalized spacial score (nSPS) is 21.8. The maximum atomic E-state index is 12.1. The van der Waals surface area contributed by atoms with E-state index in [0.29, 0.717) is 19.0 Å². The summed E-state index contributed by atoms with van der Waals surface area (Å²) in [5.74, 6) is 0.504. The number of nitrogens with one attached hydrogen (secondary N) is 2. The van der Waals surface area contributed by atoms with Crippen molar-refractivity contribution in [3.8, 4) is 0 Å². The Bertz CT molecular complexity index is 607. The Balaban J connectivity index is 1.89. The number of aromatic nitrogens is 2. The van der Waals surface area contributed by atoms with E-state index in [0.717, 1.165) is 0 Å². The van der Waals surface area contributed by atoms with Gasteiger partial charge in [-0.2, -0.15) is 0 Å². The van der Waals surface area contributed by atoms with E-state index in [4.69, 9.17) is 0 Å². The molecule has 1 aromatic rings. The Morgan fingerprint density at radius 3 is 2.68 bits per heavy atom. The van der Waals surface area contributed by atoms with E-state index >= 15 is 0 Å². The summed E-state index contributed by atoms with van der Waals surface area (Å²) in [6.45, 7) is 4.45. The van der Waals surface area contributed by atoms with Gasteiger partial charge in [0.15, 0.2) is 0 Å². The molecule has 2 rings (SSSR count). The van der Waals surface area contributed by atoms with Crippen LogP contribution in [0.1, 0.15) is 13.8 Å². The lowest BCUT2D eigenvalue weighted by Gasteiger charge is -2.17. The highest BCUT2D eigenvalue weighted by atomic mass is 32.2. The van der Waals surface area contributed by atoms with E-state index in [2.05, 4.69) is 20.0 Å². The van der Waals surface area contributed by atoms with Crippen LogP contribution in [-0.2, 0) is 14.8 Å². The minimum absolute atomic E-state index is 0.0355. The zero-order chi connectivity index (χ0) is 16.2. The van der Waals surface area contributed by atoms with Crippen LogP contribution in [0.15, 0.2) is 18.5 Å². The first kappa shape index (κ1) is 16.6. The summed E-state index contributed by atoms with van der Waals surface area (Å²) in [6, 6.07) is 1.79. The fourth-order valence-electron chi connectivity index (χ4n) is 2.28. The van der Waals surface area contributed by atoms with Crippen LogP contribution in [0.2, 0.25) is 0 Å². The van der Waals surface area contributed by atoms with Gasteiger partial charge in [0.1, 0.15) is 0 Å². The molecule has 0 bridgehead atoms. The fourth-order valence-corrected chi connectivity index (χ4v) is 2.83. The molecule has 1 aliphatic rings. The lowest BCUT2D eigenvalue weighted by molar-refractivity contribution is -0.129. The lowest BCUT2D eigenvalue weighted by atomic mass is 10.1. The van der Waals surface area contributed by atoms with Crippen molar-refractivity contribution < 1.29 is 13.2 Å². The zero-order valence-electron chi connectivity index (χ0n) is 12.7. The highest BCUT2D eigenvalue weighted by molar-refractivity contribution is 7.89. The second-order valence-electron chi connectivity index (χ2n) is 5.32. The Morgan fingerprint density at radius 1 is 1.36 bits per heavy atom. The van der Waals surface area contributed by atoms with Crippen LogP contribution in [-0.4, -0.2) is 60.6 Å². The first-order chi connectivity index (χ1) is 10.4. The van der Waals surface area contributed by atoms with Crippen molar-refractivity contribution in [1.29, 1.82) is 0 Å². The number of hydrogen-bond donors (Lipinski definition) is 2. The van der Waals surface area contributed by atoms with Crippen LogP contribution < -0.4 is 10.0 Å². The SMILES string of the molecule is CCS(=O)(=O)NCC(=O)N1CC(C)C(Nc2ncccn2)C1. The van der Waals surface area contributed by atoms with Crippen LogP contribution >= 0.6 is 0 Å². The van der Waals surface area contributed by atoms with E-state index in [1.54, 1.807) is 23.4 Å². The van der Waals surface area contributed by atoms with E-state index in [-0.39, 0.29) is 30.2 Å². The highest BCUT2D eigenvalue weighted by Gasteiger charge is 2.32. The summed E-state index contributed by atoms with van der Waals surface area (Å²) in [5.41, 5.74) is 0. The average Bonchev–Trinajstić information content (AvgIpc) is 2.87. The molecule has 2 atom stereocenters. The largest absolute Gasteiger partial charge is 0.349 e. The summed E-state index contributed by atoms with van der Waals surface area (Å²) in [5, 5.41) is 3.20. The number of rotatable bonds is 6. The fraction of sp³-hybridized carbons (Fsp3) is 0.615. The number of carbonyl (C=O) groups excluding carboxylic acids is 1. The molecule has 0 aromatic carbocycles. The lowest BCUT2D eigenvalue weighted by Crippen LogP contribution is -2.40. The van der Waals surface area contributed by atoms with Gasteiger partial charge in [-0.15, -0.1) is 0 Å². The zero-order valence-corrected chi connectivity index (χ0v) is 13.5. The third kappa shape index (κ3) is 4.38. The third-order valence-electron chi connectivity index (χ3n) is 3.67. The van der Waals surface area contributed by atoms with Crippen LogP contribution in [0.3, 0.4) is 0 Å². The topological polar surface area (TPSA) is 104 Å². The van der Waals surface area contributed by atoms with E-state index in [9.17, 15) is 13.2 Å². The van der Waals surface area contributed by atoms with Crippen LogP contribution in [0.5, 0.6) is 0 Å². The predicted molar refractivity (Wildman–Crippen MR) is 82.7 cm³/mol. The predicted octanol–water partition coefficient (Wildman–Crippen LogP) is -0.325. The molecule has 0 saturated carbocycles. The number of hydrogen-bond acceptors (Lipinski definition) is 6. The third-order valence-corrected chi connectivity index (χ3v) is 5.01. The van der Waals surface area contributed by atoms with Crippen molar-refractivity contribution in [2.75, 3.05) is 30.7 Å². The van der Waals surface area contributed by atoms with Crippen molar-refractivity contribution in [2.24, 2.45) is 5.92 Å². The molecule has 2 heterocycles. The molecule has 2 N–H and O–H groups in total. The number of likely N-dealkylation sites (tertiary alicyclic amines) is 1. The maximum Gasteiger partial charge on any atom is 0.237 e. The first-order valence-corrected chi connectivity index (χ1v) is 8.85. The molecule has 1 amide bonds. The van der Waals surface area contributed by atoms with Crippen molar-refractivity contribution in [3.05, 3.63) is 18.5 Å². The van der Waals surface area contributed by atoms with Gasteiger partial charge in [-0.3, -0.25) is 4.79 Å². The molecule has 22 heavy (non-hydrogen) atoms. The van der Waals surface area contributed by atoms with Crippen molar-refractivity contribution >= 4 is 21.9 Å². The molecule has 1 aliphatic heterocycles. The summed E-state index contributed by atoms with van der Waals surface area (Å²) < 4.78 is 25.1. The second kappa shape index (κ2) is 7.01. The Morgan fingerprint density at radius 2 is 2.05 bits per heavy atom. The number of sulfonamides is 1. The molecular weight excluding hydrogens is 306 g/mol. The number of nitrogens with zero attached hydrogens (tertiary/aromatic N) is 3. The minimum atomic E-state index is -3.35. The monoisotopic (exact) mass is 327 g/mol. The molecule has 0 aliphatic carbocycles. The average molecular weight is 327 g/mol. The van der Waals surface area contributed by atoms with Gasteiger partial charge in [-0.1, -0.05) is 6.92 Å². The van der Waals surface area contributed by atoms with Gasteiger partial charge in [-0.25, -0.2) is 23.1 Å². The smallest absolute Gasteiger partial charge is 0.237 e. The molecule has 1 saturated heterocycles. The maximum absolute atomic E-state index is 12.1. The quantitative estimate of drug-likeness (QED) is 0.742. The van der Waals surface area contributed by atoms with E-state index in [1.807, 2.05) is 6.92 Å². The molecular formula is C13H21N5O3S. The molecule has 0 spiro atoms. The van der Waals surface area contributed by atoms with E-state index in [1.165, 1.54) is 6.92 Å². The van der Waals surface area contributed by atoms with E-state index < -0.39 is 10.0 Å². The number of amides is 1. The van der Waals surface area contributed by atoms with Gasteiger partial charge in [0.25, 0.3) is 0 Å². The summed E-state index contributed by atoms with van der Waals surface area (Å²) in [6.07, 6.45) is 3.30. The highest BCUT2D eigenvalue weighted by Crippen LogP contribution is 2.19. The summed E-state index contributed by atoms with van der Waals surface area (Å²) in [7, 11) is -3.35. The van der Waals surface area contributed by atoms with Crippen LogP contribution in [0, 0.1) is 5.92 Å². The van der Waals surface area contributed by atoms with Gasteiger partial charge in [0.05, 0.1) is 18.3 Å². The molecule has 0 radical (unpaired) electrons. The Labute approximate surface area is 130 Å². The standard InChI is InChI=1S/C13H21N5O3S/c1-3-22(20,21)16-7-12(19)18-8-10(2)11(9-18)17-13-14-5-4-6-15-13/h4-6,10-11,16H,3,7-9H2,1-2H3,(H,14,15,17). The summed E-state index contributed by atoms with van der Waals surface area (Å²) in [4.78, 5) is 22.0. The van der Waals surface area contributed by atoms with Gasteiger partial charge in [0, 0.05) is 25.5 Å². The molecule has 1 aromatic heterocycles. The van der Waals surface area contributed by atoms with Crippen molar-refractivity contribution in [1.82, 2.24) is 19.6 Å².